The van der Waals surface area contributed by atoms with Crippen molar-refractivity contribution in [3.63, 3.8) is 0 Å². The second-order valence-corrected chi connectivity index (χ2v) is 2.83. The molecule has 7 heteroatoms. The average molecular weight is 240 g/mol. The first-order chi connectivity index (χ1) is 6.97. The maximum Gasteiger partial charge on any atom is 0.283 e. The lowest BCUT2D eigenvalue weighted by molar-refractivity contribution is 0.107. The van der Waals surface area contributed by atoms with Crippen LogP contribution in [0.15, 0.2) is 6.07 Å². The highest BCUT2D eigenvalue weighted by Gasteiger charge is 2.23. The van der Waals surface area contributed by atoms with Crippen LogP contribution in [-0.2, 0) is 0 Å². The molecule has 3 nitrogen and oxygen atoms in total. The van der Waals surface area contributed by atoms with Gasteiger partial charge < -0.3 is 4.74 Å². The fraction of sp³-hybridized carbons (Fsp3) is 0.250. The summed E-state index contributed by atoms with van der Waals surface area (Å²) in [6.07, 6.45) is -3.14. The molecule has 0 aliphatic rings. The number of nitrogens with zero attached hydrogens (tertiary/aromatic N) is 1. The molecule has 0 aliphatic heterocycles. The molecule has 0 amide bonds. The van der Waals surface area contributed by atoms with E-state index in [4.69, 9.17) is 11.6 Å². The number of hydrogen-bond acceptors (Lipinski definition) is 3. The van der Waals surface area contributed by atoms with E-state index in [2.05, 4.69) is 9.72 Å². The van der Waals surface area contributed by atoms with E-state index in [1.165, 1.54) is 0 Å². The Bertz CT molecular complexity index is 398. The number of carbonyl (C=O) groups excluding carboxylic acids is 1. The molecule has 1 aromatic heterocycles. The minimum atomic E-state index is -3.14. The number of hydrogen-bond donors (Lipinski definition) is 0. The number of methoxy groups -OCH3 is 1. The van der Waals surface area contributed by atoms with Crippen LogP contribution < -0.4 is 4.74 Å². The van der Waals surface area contributed by atoms with Gasteiger partial charge in [-0.15, -0.1) is 0 Å². The summed E-state index contributed by atoms with van der Waals surface area (Å²) in [5.74, 6) is -1.72. The molecule has 0 aromatic carbocycles. The summed E-state index contributed by atoms with van der Waals surface area (Å²) in [7, 11) is 1.15. The molecule has 1 aromatic rings. The van der Waals surface area contributed by atoms with Gasteiger partial charge in [-0.3, -0.25) is 4.79 Å². The first-order valence-electron chi connectivity index (χ1n) is 3.69. The molecule has 0 N–H and O–H groups in total. The summed E-state index contributed by atoms with van der Waals surface area (Å²) >= 11 is 5.01. The van der Waals surface area contributed by atoms with E-state index in [-0.39, 0.29) is 5.88 Å². The average Bonchev–Trinajstić information content (AvgIpc) is 2.17. The van der Waals surface area contributed by atoms with Gasteiger partial charge in [0, 0.05) is 6.07 Å². The second kappa shape index (κ2) is 4.48. The van der Waals surface area contributed by atoms with Gasteiger partial charge >= 0.3 is 0 Å². The van der Waals surface area contributed by atoms with Gasteiger partial charge in [0.2, 0.25) is 5.88 Å². The molecule has 15 heavy (non-hydrogen) atoms. The van der Waals surface area contributed by atoms with Crippen LogP contribution in [0.1, 0.15) is 22.5 Å². The summed E-state index contributed by atoms with van der Waals surface area (Å²) < 4.78 is 42.3. The van der Waals surface area contributed by atoms with Crippen LogP contribution in [0.2, 0.25) is 0 Å². The van der Waals surface area contributed by atoms with Crippen molar-refractivity contribution < 1.29 is 22.7 Å². The molecule has 0 radical (unpaired) electrons. The number of alkyl halides is 2. The zero-order chi connectivity index (χ0) is 11.6. The van der Waals surface area contributed by atoms with Crippen molar-refractivity contribution >= 4 is 16.8 Å². The largest absolute Gasteiger partial charge is 0.481 e. The second-order valence-electron chi connectivity index (χ2n) is 2.49. The number of ether oxygens (including phenoxy) is 1. The topological polar surface area (TPSA) is 39.2 Å². The Morgan fingerprint density at radius 2 is 2.20 bits per heavy atom. The van der Waals surface area contributed by atoms with Crippen LogP contribution in [0.3, 0.4) is 0 Å². The Morgan fingerprint density at radius 1 is 1.60 bits per heavy atom. The van der Waals surface area contributed by atoms with E-state index in [1.54, 1.807) is 0 Å². The van der Waals surface area contributed by atoms with E-state index in [0.29, 0.717) is 0 Å². The van der Waals surface area contributed by atoms with Crippen molar-refractivity contribution in [1.29, 1.82) is 0 Å². The van der Waals surface area contributed by atoms with Gasteiger partial charge in [0.25, 0.3) is 11.7 Å². The van der Waals surface area contributed by atoms with Gasteiger partial charge in [0.15, 0.2) is 5.82 Å². The maximum atomic E-state index is 13.2. The molecule has 0 fully saturated rings. The Balaban J connectivity index is 3.40. The van der Waals surface area contributed by atoms with Crippen LogP contribution in [0.4, 0.5) is 13.2 Å². The van der Waals surface area contributed by atoms with E-state index in [0.717, 1.165) is 13.2 Å². The van der Waals surface area contributed by atoms with Gasteiger partial charge in [0.05, 0.1) is 12.7 Å². The highest BCUT2D eigenvalue weighted by Crippen LogP contribution is 2.26. The number of pyridine rings is 1. The van der Waals surface area contributed by atoms with Gasteiger partial charge in [-0.2, -0.15) is 0 Å². The molecule has 0 spiro atoms. The molecule has 0 atom stereocenters. The minimum Gasteiger partial charge on any atom is -0.481 e. The third-order valence-electron chi connectivity index (χ3n) is 1.59. The molecule has 82 valence electrons. The first-order valence-corrected chi connectivity index (χ1v) is 4.07. The number of carbonyl (C=O) groups is 1. The molecule has 0 bridgehead atoms. The SMILES string of the molecule is COc1cc(C(=O)Cl)c(F)c(C(F)F)n1. The molecule has 1 heterocycles. The Morgan fingerprint density at radius 3 is 2.60 bits per heavy atom. The van der Waals surface area contributed by atoms with Crippen LogP contribution in [-0.4, -0.2) is 17.3 Å². The minimum absolute atomic E-state index is 0.296. The summed E-state index contributed by atoms with van der Waals surface area (Å²) in [4.78, 5) is 13.9. The maximum absolute atomic E-state index is 13.2. The molecular formula is C8H5ClF3NO2. The van der Waals surface area contributed by atoms with Crippen molar-refractivity contribution in [2.75, 3.05) is 7.11 Å². The predicted molar refractivity (Wildman–Crippen MR) is 45.9 cm³/mol. The molecular weight excluding hydrogens is 235 g/mol. The van der Waals surface area contributed by atoms with Crippen molar-refractivity contribution in [3.05, 3.63) is 23.1 Å². The molecule has 1 rings (SSSR count). The summed E-state index contributed by atoms with van der Waals surface area (Å²) in [6.45, 7) is 0. The lowest BCUT2D eigenvalue weighted by atomic mass is 10.2. The van der Waals surface area contributed by atoms with Crippen molar-refractivity contribution in [2.45, 2.75) is 6.43 Å². The number of aromatic nitrogens is 1. The van der Waals surface area contributed by atoms with Gasteiger partial charge in [-0.25, -0.2) is 18.2 Å². The lowest BCUT2D eigenvalue weighted by Crippen LogP contribution is -2.05. The van der Waals surface area contributed by atoms with Crippen molar-refractivity contribution in [2.24, 2.45) is 0 Å². The lowest BCUT2D eigenvalue weighted by Gasteiger charge is -2.06. The van der Waals surface area contributed by atoms with Crippen LogP contribution in [0.5, 0.6) is 5.88 Å². The quantitative estimate of drug-likeness (QED) is 0.761. The Hall–Kier alpha value is -1.30. The van der Waals surface area contributed by atoms with Crippen molar-refractivity contribution in [3.8, 4) is 5.88 Å². The third-order valence-corrected chi connectivity index (χ3v) is 1.79. The zero-order valence-corrected chi connectivity index (χ0v) is 8.19. The normalized spacial score (nSPS) is 10.5. The Labute approximate surface area is 87.8 Å². The van der Waals surface area contributed by atoms with E-state index < -0.39 is 28.7 Å². The van der Waals surface area contributed by atoms with E-state index >= 15 is 0 Å². The first kappa shape index (κ1) is 11.8. The number of halogens is 4. The zero-order valence-electron chi connectivity index (χ0n) is 7.43. The highest BCUT2D eigenvalue weighted by molar-refractivity contribution is 6.67. The monoisotopic (exact) mass is 239 g/mol. The third kappa shape index (κ3) is 2.38. The summed E-state index contributed by atoms with van der Waals surface area (Å²) in [5.41, 5.74) is -1.84. The van der Waals surface area contributed by atoms with Crippen LogP contribution >= 0.6 is 11.6 Å². The summed E-state index contributed by atoms with van der Waals surface area (Å²) in [6, 6.07) is 0.858. The van der Waals surface area contributed by atoms with E-state index in [1.807, 2.05) is 0 Å². The van der Waals surface area contributed by atoms with Gasteiger partial charge in [0.1, 0.15) is 5.69 Å². The molecule has 0 saturated heterocycles. The smallest absolute Gasteiger partial charge is 0.283 e. The Kier molecular flexibility index (Phi) is 3.52. The van der Waals surface area contributed by atoms with Crippen molar-refractivity contribution in [1.82, 2.24) is 4.98 Å². The predicted octanol–water partition coefficient (Wildman–Crippen LogP) is 2.55. The summed E-state index contributed by atoms with van der Waals surface area (Å²) in [5, 5.41) is -1.19. The highest BCUT2D eigenvalue weighted by atomic mass is 35.5. The van der Waals surface area contributed by atoms with Crippen LogP contribution in [0, 0.1) is 5.82 Å². The molecule has 0 saturated carbocycles. The molecule has 0 aliphatic carbocycles. The van der Waals surface area contributed by atoms with Gasteiger partial charge in [-0.1, -0.05) is 0 Å². The molecule has 0 unspecified atom stereocenters. The van der Waals surface area contributed by atoms with Gasteiger partial charge in [-0.05, 0) is 11.6 Å². The van der Waals surface area contributed by atoms with E-state index in [9.17, 15) is 18.0 Å². The fourth-order valence-electron chi connectivity index (χ4n) is 0.917. The standard InChI is InChI=1S/C8H5ClF3NO2/c1-15-4-2-3(7(9)14)5(10)6(13-4)8(11)12/h2,8H,1H3. The fourth-order valence-corrected chi connectivity index (χ4v) is 1.05. The van der Waals surface area contributed by atoms with Crippen LogP contribution in [0.25, 0.3) is 0 Å². The number of rotatable bonds is 3.